The van der Waals surface area contributed by atoms with Gasteiger partial charge in [-0.25, -0.2) is 0 Å². The molecule has 0 aliphatic carbocycles. The number of rotatable bonds is 3. The Morgan fingerprint density at radius 3 is 2.69 bits per heavy atom. The van der Waals surface area contributed by atoms with E-state index in [0.29, 0.717) is 17.0 Å². The summed E-state index contributed by atoms with van der Waals surface area (Å²) in [6.45, 7) is 2.17. The summed E-state index contributed by atoms with van der Waals surface area (Å²) in [5.74, 6) is 0. The van der Waals surface area contributed by atoms with Crippen LogP contribution in [0.1, 0.15) is 31.7 Å². The summed E-state index contributed by atoms with van der Waals surface area (Å²) < 4.78 is 5.95. The first-order valence-corrected chi connectivity index (χ1v) is 6.99. The van der Waals surface area contributed by atoms with Gasteiger partial charge < -0.3 is 4.74 Å². The summed E-state index contributed by atoms with van der Waals surface area (Å²) in [4.78, 5) is 0.636. The number of halogens is 1. The van der Waals surface area contributed by atoms with Crippen LogP contribution in [-0.2, 0) is 11.2 Å². The zero-order valence-corrected chi connectivity index (χ0v) is 11.3. The fourth-order valence-corrected chi connectivity index (χ4v) is 3.28. The molecule has 1 heterocycles. The van der Waals surface area contributed by atoms with E-state index in [2.05, 4.69) is 53.2 Å². The molecule has 1 aliphatic rings. The standard InChI is InChI=1S/C14H19BrO/c1-11-9-13(15)10-14(16-11)8-7-12-5-3-2-4-6-12/h2-6,11,13-14H,7-10H2,1H3/t11-,13-,14+/m1/s1. The van der Waals surface area contributed by atoms with Crippen LogP contribution in [-0.4, -0.2) is 17.0 Å². The quantitative estimate of drug-likeness (QED) is 0.763. The molecule has 1 nitrogen and oxygen atoms in total. The van der Waals surface area contributed by atoms with Crippen molar-refractivity contribution in [1.82, 2.24) is 0 Å². The van der Waals surface area contributed by atoms with Crippen molar-refractivity contribution in [1.29, 1.82) is 0 Å². The number of alkyl halides is 1. The van der Waals surface area contributed by atoms with Crippen molar-refractivity contribution in [2.75, 3.05) is 0 Å². The van der Waals surface area contributed by atoms with Gasteiger partial charge in [-0.2, -0.15) is 0 Å². The van der Waals surface area contributed by atoms with Crippen LogP contribution in [0.3, 0.4) is 0 Å². The van der Waals surface area contributed by atoms with Gasteiger partial charge in [-0.05, 0) is 38.2 Å². The number of hydrogen-bond donors (Lipinski definition) is 0. The van der Waals surface area contributed by atoms with Gasteiger partial charge in [-0.1, -0.05) is 46.3 Å². The second kappa shape index (κ2) is 5.83. The van der Waals surface area contributed by atoms with Gasteiger partial charge in [0.1, 0.15) is 0 Å². The first kappa shape index (κ1) is 12.1. The third kappa shape index (κ3) is 3.60. The molecule has 0 unspecified atom stereocenters. The van der Waals surface area contributed by atoms with Crippen LogP contribution in [0, 0.1) is 0 Å². The molecular weight excluding hydrogens is 264 g/mol. The second-order valence-electron chi connectivity index (χ2n) is 4.66. The van der Waals surface area contributed by atoms with Crippen LogP contribution >= 0.6 is 15.9 Å². The largest absolute Gasteiger partial charge is 0.375 e. The van der Waals surface area contributed by atoms with Gasteiger partial charge in [0.25, 0.3) is 0 Å². The third-order valence-corrected chi connectivity index (χ3v) is 3.88. The molecule has 0 N–H and O–H groups in total. The Hall–Kier alpha value is -0.340. The number of ether oxygens (including phenoxy) is 1. The summed E-state index contributed by atoms with van der Waals surface area (Å²) in [5, 5.41) is 0. The Kier molecular flexibility index (Phi) is 4.42. The second-order valence-corrected chi connectivity index (χ2v) is 5.96. The average Bonchev–Trinajstić information content (AvgIpc) is 2.27. The fourth-order valence-electron chi connectivity index (χ4n) is 2.34. The average molecular weight is 283 g/mol. The minimum absolute atomic E-state index is 0.402. The van der Waals surface area contributed by atoms with E-state index in [1.165, 1.54) is 5.56 Å². The molecule has 0 bridgehead atoms. The normalized spacial score (nSPS) is 30.2. The van der Waals surface area contributed by atoms with Crippen molar-refractivity contribution in [3.05, 3.63) is 35.9 Å². The lowest BCUT2D eigenvalue weighted by atomic mass is 9.99. The van der Waals surface area contributed by atoms with Gasteiger partial charge in [0, 0.05) is 4.83 Å². The van der Waals surface area contributed by atoms with Crippen LogP contribution in [0.2, 0.25) is 0 Å². The lowest BCUT2D eigenvalue weighted by molar-refractivity contribution is -0.0394. The van der Waals surface area contributed by atoms with Gasteiger partial charge >= 0.3 is 0 Å². The van der Waals surface area contributed by atoms with Crippen LogP contribution in [0.15, 0.2) is 30.3 Å². The fraction of sp³-hybridized carbons (Fsp3) is 0.571. The van der Waals surface area contributed by atoms with Crippen molar-refractivity contribution in [3.8, 4) is 0 Å². The maximum Gasteiger partial charge on any atom is 0.0592 e. The first-order chi connectivity index (χ1) is 7.74. The van der Waals surface area contributed by atoms with E-state index in [0.717, 1.165) is 25.7 Å². The molecule has 2 heteroatoms. The van der Waals surface area contributed by atoms with Crippen molar-refractivity contribution in [2.24, 2.45) is 0 Å². The zero-order chi connectivity index (χ0) is 11.4. The van der Waals surface area contributed by atoms with Crippen LogP contribution < -0.4 is 0 Å². The number of benzene rings is 1. The van der Waals surface area contributed by atoms with Crippen LogP contribution in [0.4, 0.5) is 0 Å². The molecule has 2 rings (SSSR count). The van der Waals surface area contributed by atoms with Crippen molar-refractivity contribution in [2.45, 2.75) is 49.6 Å². The van der Waals surface area contributed by atoms with E-state index in [1.807, 2.05) is 0 Å². The summed E-state index contributed by atoms with van der Waals surface area (Å²) in [5.41, 5.74) is 1.41. The topological polar surface area (TPSA) is 9.23 Å². The van der Waals surface area contributed by atoms with E-state index in [-0.39, 0.29) is 0 Å². The Bertz CT molecular complexity index is 302. The highest BCUT2D eigenvalue weighted by Crippen LogP contribution is 2.27. The highest BCUT2D eigenvalue weighted by molar-refractivity contribution is 9.09. The summed E-state index contributed by atoms with van der Waals surface area (Å²) in [6.07, 6.45) is 5.38. The Morgan fingerprint density at radius 2 is 2.00 bits per heavy atom. The highest BCUT2D eigenvalue weighted by atomic mass is 79.9. The Labute approximate surface area is 106 Å². The minimum atomic E-state index is 0.402. The third-order valence-electron chi connectivity index (χ3n) is 3.13. The van der Waals surface area contributed by atoms with E-state index < -0.39 is 0 Å². The Balaban J connectivity index is 1.81. The molecule has 0 radical (unpaired) electrons. The maximum absolute atomic E-state index is 5.95. The van der Waals surface area contributed by atoms with Gasteiger partial charge in [-0.15, -0.1) is 0 Å². The van der Waals surface area contributed by atoms with Crippen molar-refractivity contribution in [3.63, 3.8) is 0 Å². The molecular formula is C14H19BrO. The molecule has 0 saturated carbocycles. The van der Waals surface area contributed by atoms with Gasteiger partial charge in [-0.3, -0.25) is 0 Å². The molecule has 1 aliphatic heterocycles. The summed E-state index contributed by atoms with van der Waals surface area (Å²) in [6, 6.07) is 10.7. The highest BCUT2D eigenvalue weighted by Gasteiger charge is 2.24. The maximum atomic E-state index is 5.95. The summed E-state index contributed by atoms with van der Waals surface area (Å²) >= 11 is 3.72. The molecule has 0 spiro atoms. The van der Waals surface area contributed by atoms with Crippen molar-refractivity contribution >= 4 is 15.9 Å². The van der Waals surface area contributed by atoms with E-state index >= 15 is 0 Å². The van der Waals surface area contributed by atoms with Crippen LogP contribution in [0.5, 0.6) is 0 Å². The molecule has 88 valence electrons. The smallest absolute Gasteiger partial charge is 0.0592 e. The van der Waals surface area contributed by atoms with Gasteiger partial charge in [0.15, 0.2) is 0 Å². The first-order valence-electron chi connectivity index (χ1n) is 6.07. The predicted molar refractivity (Wildman–Crippen MR) is 71.0 cm³/mol. The van der Waals surface area contributed by atoms with Crippen LogP contribution in [0.25, 0.3) is 0 Å². The summed E-state index contributed by atoms with van der Waals surface area (Å²) in [7, 11) is 0. The lowest BCUT2D eigenvalue weighted by Gasteiger charge is -2.31. The monoisotopic (exact) mass is 282 g/mol. The molecule has 0 amide bonds. The lowest BCUT2D eigenvalue weighted by Crippen LogP contribution is -2.31. The van der Waals surface area contributed by atoms with Crippen molar-refractivity contribution < 1.29 is 4.74 Å². The molecule has 16 heavy (non-hydrogen) atoms. The predicted octanol–water partition coefficient (Wildman–Crippen LogP) is 3.95. The molecule has 1 fully saturated rings. The Morgan fingerprint density at radius 1 is 1.25 bits per heavy atom. The van der Waals surface area contributed by atoms with Gasteiger partial charge in [0.05, 0.1) is 12.2 Å². The SMILES string of the molecule is C[C@@H]1C[C@@H](Br)C[C@H](CCc2ccccc2)O1. The molecule has 1 aromatic rings. The number of aryl methyl sites for hydroxylation is 1. The minimum Gasteiger partial charge on any atom is -0.375 e. The molecule has 1 aromatic carbocycles. The van der Waals surface area contributed by atoms with E-state index in [9.17, 15) is 0 Å². The molecule has 0 aromatic heterocycles. The van der Waals surface area contributed by atoms with Gasteiger partial charge in [0.2, 0.25) is 0 Å². The molecule has 3 atom stereocenters. The van der Waals surface area contributed by atoms with E-state index in [1.54, 1.807) is 0 Å². The van der Waals surface area contributed by atoms with E-state index in [4.69, 9.17) is 4.74 Å². The number of hydrogen-bond acceptors (Lipinski definition) is 1. The molecule has 1 saturated heterocycles. The zero-order valence-electron chi connectivity index (χ0n) is 9.73.